The third kappa shape index (κ3) is 3.46. The van der Waals surface area contributed by atoms with Gasteiger partial charge in [0.2, 0.25) is 0 Å². The molecule has 0 aliphatic carbocycles. The molecule has 0 aromatic heterocycles. The van der Waals surface area contributed by atoms with E-state index < -0.39 is 18.2 Å². The number of hydrogen-bond acceptors (Lipinski definition) is 3. The van der Waals surface area contributed by atoms with Crippen LogP contribution in [0, 0.1) is 12.3 Å². The van der Waals surface area contributed by atoms with Crippen LogP contribution in [0.4, 0.5) is 0 Å². The van der Waals surface area contributed by atoms with E-state index in [1.165, 1.54) is 4.90 Å². The number of aliphatic carboxylic acids is 1. The molecule has 0 radical (unpaired) electrons. The van der Waals surface area contributed by atoms with Crippen molar-refractivity contribution in [1.82, 2.24) is 4.90 Å². The van der Waals surface area contributed by atoms with E-state index in [9.17, 15) is 9.59 Å². The van der Waals surface area contributed by atoms with Gasteiger partial charge < -0.3 is 14.7 Å². The fraction of sp³-hybridized carbons (Fsp3) is 0.667. The van der Waals surface area contributed by atoms with Gasteiger partial charge in [-0.3, -0.25) is 4.79 Å². The number of rotatable bonds is 5. The Labute approximate surface area is 101 Å². The van der Waals surface area contributed by atoms with Crippen molar-refractivity contribution < 1.29 is 19.4 Å². The minimum Gasteiger partial charge on any atom is -0.479 e. The second-order valence-electron chi connectivity index (χ2n) is 3.99. The van der Waals surface area contributed by atoms with Crippen LogP contribution < -0.4 is 0 Å². The van der Waals surface area contributed by atoms with Gasteiger partial charge in [-0.05, 0) is 19.3 Å². The molecule has 0 bridgehead atoms. The molecule has 1 N–H and O–H groups in total. The fourth-order valence-corrected chi connectivity index (χ4v) is 1.85. The van der Waals surface area contributed by atoms with Crippen molar-refractivity contribution in [3.63, 3.8) is 0 Å². The topological polar surface area (TPSA) is 66.8 Å². The molecule has 1 amide bonds. The SMILES string of the molecule is C#CCN(CCC)C(=O)[C@@H]1CC[C@H](C(=O)O)O1. The molecule has 5 nitrogen and oxygen atoms in total. The highest BCUT2D eigenvalue weighted by Crippen LogP contribution is 2.21. The fourth-order valence-electron chi connectivity index (χ4n) is 1.85. The van der Waals surface area contributed by atoms with Crippen molar-refractivity contribution in [2.75, 3.05) is 13.1 Å². The Hall–Kier alpha value is -1.54. The largest absolute Gasteiger partial charge is 0.479 e. The van der Waals surface area contributed by atoms with Crippen LogP contribution in [0.25, 0.3) is 0 Å². The summed E-state index contributed by atoms with van der Waals surface area (Å²) in [6, 6.07) is 0. The highest BCUT2D eigenvalue weighted by Gasteiger charge is 2.36. The zero-order chi connectivity index (χ0) is 12.8. The molecule has 17 heavy (non-hydrogen) atoms. The molecular formula is C12H17NO4. The Morgan fingerprint density at radius 1 is 1.47 bits per heavy atom. The van der Waals surface area contributed by atoms with Crippen LogP contribution in [0.1, 0.15) is 26.2 Å². The molecule has 0 aromatic rings. The van der Waals surface area contributed by atoms with Crippen molar-refractivity contribution in [3.05, 3.63) is 0 Å². The van der Waals surface area contributed by atoms with Crippen LogP contribution in [0.3, 0.4) is 0 Å². The molecule has 1 saturated heterocycles. The smallest absolute Gasteiger partial charge is 0.332 e. The summed E-state index contributed by atoms with van der Waals surface area (Å²) in [5, 5.41) is 8.78. The summed E-state index contributed by atoms with van der Waals surface area (Å²) in [6.45, 7) is 2.76. The third-order valence-corrected chi connectivity index (χ3v) is 2.66. The van der Waals surface area contributed by atoms with Crippen LogP contribution in [-0.2, 0) is 14.3 Å². The quantitative estimate of drug-likeness (QED) is 0.709. The van der Waals surface area contributed by atoms with Gasteiger partial charge in [0.05, 0.1) is 6.54 Å². The van der Waals surface area contributed by atoms with Crippen LogP contribution >= 0.6 is 0 Å². The van der Waals surface area contributed by atoms with Gasteiger partial charge in [0, 0.05) is 6.54 Å². The summed E-state index contributed by atoms with van der Waals surface area (Å²) in [5.74, 6) is 1.21. The van der Waals surface area contributed by atoms with E-state index in [2.05, 4.69) is 5.92 Å². The maximum absolute atomic E-state index is 12.0. The zero-order valence-electron chi connectivity index (χ0n) is 9.89. The van der Waals surface area contributed by atoms with Gasteiger partial charge in [0.15, 0.2) is 6.10 Å². The summed E-state index contributed by atoms with van der Waals surface area (Å²) in [5.41, 5.74) is 0. The number of nitrogens with zero attached hydrogens (tertiary/aromatic N) is 1. The first-order chi connectivity index (χ1) is 8.10. The number of carboxylic acid groups (broad SMARTS) is 1. The summed E-state index contributed by atoms with van der Waals surface area (Å²) < 4.78 is 5.20. The number of carboxylic acids is 1. The van der Waals surface area contributed by atoms with Crippen molar-refractivity contribution in [3.8, 4) is 12.3 Å². The predicted molar refractivity (Wildman–Crippen MR) is 61.2 cm³/mol. The van der Waals surface area contributed by atoms with Crippen molar-refractivity contribution >= 4 is 11.9 Å². The monoisotopic (exact) mass is 239 g/mol. The number of ether oxygens (including phenoxy) is 1. The van der Waals surface area contributed by atoms with E-state index in [4.69, 9.17) is 16.3 Å². The Kier molecular flexibility index (Phi) is 4.98. The summed E-state index contributed by atoms with van der Waals surface area (Å²) in [4.78, 5) is 24.3. The molecule has 0 aromatic carbocycles. The standard InChI is InChI=1S/C12H17NO4/c1-3-7-13(8-4-2)11(14)9-5-6-10(17-9)12(15)16/h1,9-10H,4-8H2,2H3,(H,15,16)/t9-,10+/m0/s1. The molecule has 1 aliphatic heterocycles. The zero-order valence-corrected chi connectivity index (χ0v) is 9.89. The minimum atomic E-state index is -1.01. The van der Waals surface area contributed by atoms with Gasteiger partial charge in [-0.2, -0.15) is 0 Å². The van der Waals surface area contributed by atoms with E-state index in [0.717, 1.165) is 6.42 Å². The summed E-state index contributed by atoms with van der Waals surface area (Å²) >= 11 is 0. The number of carbonyl (C=O) groups is 2. The van der Waals surface area contributed by atoms with E-state index in [0.29, 0.717) is 19.4 Å². The maximum atomic E-state index is 12.0. The van der Waals surface area contributed by atoms with Gasteiger partial charge in [0.1, 0.15) is 6.10 Å². The average Bonchev–Trinajstić information content (AvgIpc) is 2.77. The normalized spacial score (nSPS) is 23.1. The second kappa shape index (κ2) is 6.26. The lowest BCUT2D eigenvalue weighted by atomic mass is 10.2. The maximum Gasteiger partial charge on any atom is 0.332 e. The van der Waals surface area contributed by atoms with Crippen molar-refractivity contribution in [1.29, 1.82) is 0 Å². The van der Waals surface area contributed by atoms with Gasteiger partial charge in [-0.15, -0.1) is 6.42 Å². The van der Waals surface area contributed by atoms with Crippen LogP contribution in [0.2, 0.25) is 0 Å². The highest BCUT2D eigenvalue weighted by atomic mass is 16.5. The Balaban J connectivity index is 2.57. The molecule has 1 fully saturated rings. The molecule has 1 aliphatic rings. The van der Waals surface area contributed by atoms with E-state index >= 15 is 0 Å². The highest BCUT2D eigenvalue weighted by molar-refractivity contribution is 5.83. The van der Waals surface area contributed by atoms with Gasteiger partial charge in [-0.1, -0.05) is 12.8 Å². The summed E-state index contributed by atoms with van der Waals surface area (Å²) in [6.07, 6.45) is 5.30. The molecular weight excluding hydrogens is 222 g/mol. The molecule has 5 heteroatoms. The second-order valence-corrected chi connectivity index (χ2v) is 3.99. The molecule has 1 rings (SSSR count). The summed E-state index contributed by atoms with van der Waals surface area (Å²) in [7, 11) is 0. The van der Waals surface area contributed by atoms with Crippen LogP contribution in [-0.4, -0.2) is 47.2 Å². The predicted octanol–water partition coefficient (Wildman–Crippen LogP) is 0.490. The molecule has 94 valence electrons. The Bertz CT molecular complexity index is 334. The Morgan fingerprint density at radius 2 is 2.12 bits per heavy atom. The number of hydrogen-bond donors (Lipinski definition) is 1. The van der Waals surface area contributed by atoms with E-state index in [1.807, 2.05) is 6.92 Å². The van der Waals surface area contributed by atoms with E-state index in [1.54, 1.807) is 0 Å². The molecule has 1 heterocycles. The molecule has 0 saturated carbocycles. The average molecular weight is 239 g/mol. The third-order valence-electron chi connectivity index (χ3n) is 2.66. The lowest BCUT2D eigenvalue weighted by Crippen LogP contribution is -2.40. The molecule has 0 spiro atoms. The number of carbonyl (C=O) groups excluding carboxylic acids is 1. The van der Waals surface area contributed by atoms with Gasteiger partial charge in [-0.25, -0.2) is 4.79 Å². The number of terminal acetylenes is 1. The van der Waals surface area contributed by atoms with Crippen LogP contribution in [0.15, 0.2) is 0 Å². The van der Waals surface area contributed by atoms with Crippen molar-refractivity contribution in [2.45, 2.75) is 38.4 Å². The van der Waals surface area contributed by atoms with Crippen molar-refractivity contribution in [2.24, 2.45) is 0 Å². The molecule has 0 unspecified atom stereocenters. The first-order valence-electron chi connectivity index (χ1n) is 5.70. The Morgan fingerprint density at radius 3 is 2.59 bits per heavy atom. The lowest BCUT2D eigenvalue weighted by molar-refractivity contribution is -0.154. The number of amides is 1. The van der Waals surface area contributed by atoms with E-state index in [-0.39, 0.29) is 12.5 Å². The first kappa shape index (κ1) is 13.5. The van der Waals surface area contributed by atoms with Gasteiger partial charge >= 0.3 is 5.97 Å². The molecule has 2 atom stereocenters. The van der Waals surface area contributed by atoms with Crippen LogP contribution in [0.5, 0.6) is 0 Å². The first-order valence-corrected chi connectivity index (χ1v) is 5.70. The lowest BCUT2D eigenvalue weighted by Gasteiger charge is -2.22. The minimum absolute atomic E-state index is 0.200. The van der Waals surface area contributed by atoms with Gasteiger partial charge in [0.25, 0.3) is 5.91 Å².